The van der Waals surface area contributed by atoms with Crippen LogP contribution in [0.4, 0.5) is 13.2 Å². The number of nitrogens with zero attached hydrogens (tertiary/aromatic N) is 2. The highest BCUT2D eigenvalue weighted by Crippen LogP contribution is 2.28. The van der Waals surface area contributed by atoms with Gasteiger partial charge in [0.1, 0.15) is 12.4 Å². The van der Waals surface area contributed by atoms with Gasteiger partial charge in [0.25, 0.3) is 5.91 Å². The van der Waals surface area contributed by atoms with E-state index in [1.807, 2.05) is 6.07 Å². The summed E-state index contributed by atoms with van der Waals surface area (Å²) in [4.78, 5) is 12.4. The molecule has 0 atom stereocenters. The Hall–Kier alpha value is -3.00. The topological polar surface area (TPSA) is 56.2 Å². The third kappa shape index (κ3) is 6.49. The van der Waals surface area contributed by atoms with Crippen molar-refractivity contribution in [1.29, 1.82) is 0 Å². The van der Waals surface area contributed by atoms with Crippen LogP contribution in [0.5, 0.6) is 5.75 Å². The van der Waals surface area contributed by atoms with Crippen molar-refractivity contribution in [3.05, 3.63) is 82.1 Å². The van der Waals surface area contributed by atoms with Crippen LogP contribution in [0.1, 0.15) is 33.7 Å². The Morgan fingerprint density at radius 2 is 1.94 bits per heavy atom. The average Bonchev–Trinajstić information content (AvgIpc) is 3.11. The molecule has 0 unspecified atom stereocenters. The number of nitrogens with one attached hydrogen (secondary N) is 1. The van der Waals surface area contributed by atoms with E-state index >= 15 is 0 Å². The minimum absolute atomic E-state index is 0.266. The number of ether oxygens (including phenoxy) is 1. The van der Waals surface area contributed by atoms with Gasteiger partial charge in [-0.25, -0.2) is 0 Å². The molecule has 1 aromatic heterocycles. The molecule has 1 N–H and O–H groups in total. The van der Waals surface area contributed by atoms with Gasteiger partial charge in [0.15, 0.2) is 5.69 Å². The third-order valence-electron chi connectivity index (χ3n) is 4.49. The van der Waals surface area contributed by atoms with Gasteiger partial charge in [-0.3, -0.25) is 9.48 Å². The molecule has 9 heteroatoms. The molecule has 0 bridgehead atoms. The van der Waals surface area contributed by atoms with Crippen LogP contribution in [-0.4, -0.2) is 22.2 Å². The number of halogens is 4. The first-order valence-corrected chi connectivity index (χ1v) is 9.97. The van der Waals surface area contributed by atoms with Crippen molar-refractivity contribution in [1.82, 2.24) is 15.1 Å². The number of carbonyl (C=O) groups excluding carboxylic acids is 1. The van der Waals surface area contributed by atoms with Gasteiger partial charge in [-0.2, -0.15) is 18.3 Å². The Kier molecular flexibility index (Phi) is 7.22. The van der Waals surface area contributed by atoms with Crippen LogP contribution < -0.4 is 10.1 Å². The number of rotatable bonds is 8. The lowest BCUT2D eigenvalue weighted by Gasteiger charge is -2.09. The number of hydrogen-bond donors (Lipinski definition) is 1. The first kappa shape index (κ1) is 22.7. The molecule has 0 spiro atoms. The highest BCUT2D eigenvalue weighted by molar-refractivity contribution is 6.30. The van der Waals surface area contributed by atoms with E-state index in [4.69, 9.17) is 16.3 Å². The summed E-state index contributed by atoms with van der Waals surface area (Å²) in [5.41, 5.74) is 0.804. The second-order valence-corrected chi connectivity index (χ2v) is 7.38. The molecule has 0 saturated carbocycles. The summed E-state index contributed by atoms with van der Waals surface area (Å²) in [6, 6.07) is 15.1. The third-order valence-corrected chi connectivity index (χ3v) is 4.73. The summed E-state index contributed by atoms with van der Waals surface area (Å²) < 4.78 is 45.1. The first-order valence-electron chi connectivity index (χ1n) is 9.59. The van der Waals surface area contributed by atoms with E-state index < -0.39 is 11.9 Å². The predicted octanol–water partition coefficient (Wildman–Crippen LogP) is 5.26. The number of aromatic nitrogens is 2. The molecule has 1 heterocycles. The van der Waals surface area contributed by atoms with Gasteiger partial charge < -0.3 is 10.1 Å². The highest BCUT2D eigenvalue weighted by Gasteiger charge is 2.34. The van der Waals surface area contributed by atoms with Crippen LogP contribution in [0.25, 0.3) is 0 Å². The van der Waals surface area contributed by atoms with Crippen LogP contribution in [0.2, 0.25) is 5.02 Å². The van der Waals surface area contributed by atoms with Gasteiger partial charge in [0, 0.05) is 29.4 Å². The average molecular weight is 452 g/mol. The zero-order valence-electron chi connectivity index (χ0n) is 16.7. The first-order chi connectivity index (χ1) is 14.7. The molecular weight excluding hydrogens is 431 g/mol. The smallest absolute Gasteiger partial charge is 0.435 e. The van der Waals surface area contributed by atoms with E-state index in [-0.39, 0.29) is 19.1 Å². The molecule has 0 saturated heterocycles. The van der Waals surface area contributed by atoms with Crippen molar-refractivity contribution in [2.24, 2.45) is 0 Å². The highest BCUT2D eigenvalue weighted by atomic mass is 35.5. The summed E-state index contributed by atoms with van der Waals surface area (Å²) >= 11 is 5.93. The monoisotopic (exact) mass is 451 g/mol. The Labute approximate surface area is 182 Å². The molecule has 31 heavy (non-hydrogen) atoms. The van der Waals surface area contributed by atoms with Gasteiger partial charge >= 0.3 is 6.18 Å². The zero-order chi connectivity index (χ0) is 22.4. The molecule has 164 valence electrons. The van der Waals surface area contributed by atoms with Crippen LogP contribution >= 0.6 is 11.6 Å². The maximum atomic E-state index is 12.7. The van der Waals surface area contributed by atoms with Crippen LogP contribution in [0.15, 0.2) is 54.6 Å². The van der Waals surface area contributed by atoms with Gasteiger partial charge in [-0.15, -0.1) is 0 Å². The van der Waals surface area contributed by atoms with E-state index in [0.29, 0.717) is 35.0 Å². The molecule has 0 radical (unpaired) electrons. The van der Waals surface area contributed by atoms with Crippen LogP contribution in [-0.2, 0) is 19.3 Å². The minimum Gasteiger partial charge on any atom is -0.489 e. The Morgan fingerprint density at radius 3 is 2.65 bits per heavy atom. The molecule has 0 aliphatic carbocycles. The molecular formula is C22H21ClF3N3O2. The lowest BCUT2D eigenvalue weighted by Crippen LogP contribution is -2.25. The summed E-state index contributed by atoms with van der Waals surface area (Å²) in [6.45, 7) is 2.43. The van der Waals surface area contributed by atoms with E-state index in [1.165, 1.54) is 4.68 Å². The van der Waals surface area contributed by atoms with E-state index in [9.17, 15) is 18.0 Å². The largest absolute Gasteiger partial charge is 0.489 e. The summed E-state index contributed by atoms with van der Waals surface area (Å²) in [5, 5.41) is 6.92. The summed E-state index contributed by atoms with van der Waals surface area (Å²) in [5.74, 6) is 0.364. The maximum Gasteiger partial charge on any atom is 0.435 e. The second-order valence-electron chi connectivity index (χ2n) is 6.95. The number of carbonyl (C=O) groups is 1. The van der Waals surface area contributed by atoms with Crippen molar-refractivity contribution in [2.45, 2.75) is 32.7 Å². The SMILES string of the molecule is Cc1cc(C(F)(F)F)nn1CCCNC(=O)c1cccc(COc2cccc(Cl)c2)c1. The standard InChI is InChI=1S/C22H21ClF3N3O2/c1-15-11-20(22(24,25)26)28-29(15)10-4-9-27-21(30)17-6-2-5-16(12-17)14-31-19-8-3-7-18(23)13-19/h2-3,5-8,11-13H,4,9-10,14H2,1H3,(H,27,30). The lowest BCUT2D eigenvalue weighted by molar-refractivity contribution is -0.141. The zero-order valence-corrected chi connectivity index (χ0v) is 17.5. The Morgan fingerprint density at radius 1 is 1.16 bits per heavy atom. The Balaban J connectivity index is 1.48. The number of alkyl halides is 3. The number of benzene rings is 2. The van der Waals surface area contributed by atoms with Crippen molar-refractivity contribution in [3.63, 3.8) is 0 Å². The number of hydrogen-bond acceptors (Lipinski definition) is 3. The van der Waals surface area contributed by atoms with Crippen molar-refractivity contribution in [2.75, 3.05) is 6.54 Å². The van der Waals surface area contributed by atoms with Crippen molar-refractivity contribution < 1.29 is 22.7 Å². The van der Waals surface area contributed by atoms with Crippen LogP contribution in [0, 0.1) is 6.92 Å². The van der Waals surface area contributed by atoms with Gasteiger partial charge in [-0.1, -0.05) is 29.8 Å². The lowest BCUT2D eigenvalue weighted by atomic mass is 10.1. The van der Waals surface area contributed by atoms with Gasteiger partial charge in [0.2, 0.25) is 0 Å². The van der Waals surface area contributed by atoms with Crippen LogP contribution in [0.3, 0.4) is 0 Å². The van der Waals surface area contributed by atoms with Gasteiger partial charge in [-0.05, 0) is 55.3 Å². The quantitative estimate of drug-likeness (QED) is 0.475. The molecule has 2 aromatic carbocycles. The maximum absolute atomic E-state index is 12.7. The molecule has 3 aromatic rings. The van der Waals surface area contributed by atoms with Crippen molar-refractivity contribution >= 4 is 17.5 Å². The molecule has 0 aliphatic heterocycles. The molecule has 0 aliphatic rings. The fraction of sp³-hybridized carbons (Fsp3) is 0.273. The molecule has 5 nitrogen and oxygen atoms in total. The predicted molar refractivity (Wildman–Crippen MR) is 111 cm³/mol. The van der Waals surface area contributed by atoms with E-state index in [0.717, 1.165) is 11.6 Å². The van der Waals surface area contributed by atoms with E-state index in [1.54, 1.807) is 49.4 Å². The minimum atomic E-state index is -4.47. The fourth-order valence-corrected chi connectivity index (χ4v) is 3.11. The molecule has 3 rings (SSSR count). The van der Waals surface area contributed by atoms with Gasteiger partial charge in [0.05, 0.1) is 0 Å². The number of amides is 1. The normalized spacial score (nSPS) is 11.4. The second kappa shape index (κ2) is 9.87. The fourth-order valence-electron chi connectivity index (χ4n) is 2.93. The molecule has 1 amide bonds. The summed E-state index contributed by atoms with van der Waals surface area (Å²) in [7, 11) is 0. The van der Waals surface area contributed by atoms with Crippen molar-refractivity contribution in [3.8, 4) is 5.75 Å². The number of aryl methyl sites for hydroxylation is 2. The Bertz CT molecular complexity index is 1050. The molecule has 0 fully saturated rings. The van der Waals surface area contributed by atoms with E-state index in [2.05, 4.69) is 10.4 Å². The summed E-state index contributed by atoms with van der Waals surface area (Å²) in [6.07, 6.45) is -4.02.